The number of carboxylic acids is 1. The number of amides is 1. The lowest BCUT2D eigenvalue weighted by atomic mass is 9.98. The van der Waals surface area contributed by atoms with Gasteiger partial charge in [0.2, 0.25) is 5.82 Å². The number of benzene rings is 3. The van der Waals surface area contributed by atoms with Crippen molar-refractivity contribution in [3.05, 3.63) is 90.0 Å². The quantitative estimate of drug-likeness (QED) is 0.424. The number of tetrazole rings is 1. The highest BCUT2D eigenvalue weighted by Crippen LogP contribution is 2.31. The smallest absolute Gasteiger partial charge is 0.327 e. The number of nitrogens with zero attached hydrogens (tertiary/aromatic N) is 5. The maximum Gasteiger partial charge on any atom is 0.327 e. The zero-order chi connectivity index (χ0) is 24.2. The van der Waals surface area contributed by atoms with Gasteiger partial charge in [-0.25, -0.2) is 4.79 Å². The standard InChI is InChI=1S/C25H20N6O3S/c32-23(18-6-2-1-3-7-18)26-25-31(21(15-35-25)24(33)34)14-16-10-12-17(13-11-16)19-8-4-5-9-20(19)22-27-29-30-28-22/h1-13,21H,14-15H2,(H,33,34)(H,27,28,29,30). The van der Waals surface area contributed by atoms with Gasteiger partial charge in [0, 0.05) is 23.4 Å². The molecule has 4 aromatic rings. The summed E-state index contributed by atoms with van der Waals surface area (Å²) in [6, 6.07) is 23.6. The lowest BCUT2D eigenvalue weighted by Gasteiger charge is -2.23. The van der Waals surface area contributed by atoms with Crippen LogP contribution < -0.4 is 0 Å². The Morgan fingerprint density at radius 3 is 2.40 bits per heavy atom. The Kier molecular flexibility index (Phi) is 6.36. The first-order chi connectivity index (χ1) is 17.1. The largest absolute Gasteiger partial charge is 0.480 e. The highest BCUT2D eigenvalue weighted by atomic mass is 32.2. The second-order valence-corrected chi connectivity index (χ2v) is 8.82. The van der Waals surface area contributed by atoms with Gasteiger partial charge in [0.15, 0.2) is 5.17 Å². The fourth-order valence-corrected chi connectivity index (χ4v) is 5.00. The van der Waals surface area contributed by atoms with Crippen molar-refractivity contribution in [3.63, 3.8) is 0 Å². The van der Waals surface area contributed by atoms with Crippen LogP contribution in [0.3, 0.4) is 0 Å². The molecule has 2 heterocycles. The molecule has 0 spiro atoms. The molecule has 1 aliphatic rings. The highest BCUT2D eigenvalue weighted by molar-refractivity contribution is 8.14. The molecule has 1 aromatic heterocycles. The van der Waals surface area contributed by atoms with Crippen LogP contribution >= 0.6 is 11.8 Å². The average Bonchev–Trinajstić information content (AvgIpc) is 3.56. The van der Waals surface area contributed by atoms with E-state index in [0.29, 0.717) is 28.9 Å². The van der Waals surface area contributed by atoms with Crippen molar-refractivity contribution in [2.75, 3.05) is 5.75 Å². The normalized spacial score (nSPS) is 16.5. The second-order valence-electron chi connectivity index (χ2n) is 7.84. The molecule has 1 amide bonds. The van der Waals surface area contributed by atoms with Gasteiger partial charge in [-0.2, -0.15) is 10.2 Å². The minimum atomic E-state index is -0.944. The van der Waals surface area contributed by atoms with Crippen LogP contribution in [-0.4, -0.2) is 59.5 Å². The third-order valence-corrected chi connectivity index (χ3v) is 6.69. The Morgan fingerprint density at radius 2 is 1.71 bits per heavy atom. The molecular weight excluding hydrogens is 464 g/mol. The molecule has 1 saturated heterocycles. The van der Waals surface area contributed by atoms with Gasteiger partial charge >= 0.3 is 5.97 Å². The number of hydrogen-bond acceptors (Lipinski definition) is 6. The Labute approximate surface area is 204 Å². The summed E-state index contributed by atoms with van der Waals surface area (Å²) in [4.78, 5) is 30.4. The third kappa shape index (κ3) is 4.82. The SMILES string of the molecule is O=C(N=C1SCC(C(=O)O)N1Cc1ccc(-c2ccccc2-c2nn[nH]n2)cc1)c1ccccc1. The van der Waals surface area contributed by atoms with E-state index in [2.05, 4.69) is 25.6 Å². The molecule has 1 fully saturated rings. The summed E-state index contributed by atoms with van der Waals surface area (Å²) in [5.74, 6) is -0.503. The number of carboxylic acid groups (broad SMARTS) is 1. The van der Waals surface area contributed by atoms with Crippen molar-refractivity contribution in [2.24, 2.45) is 4.99 Å². The second kappa shape index (κ2) is 9.90. The van der Waals surface area contributed by atoms with Gasteiger partial charge in [0.1, 0.15) is 6.04 Å². The van der Waals surface area contributed by atoms with E-state index in [-0.39, 0.29) is 0 Å². The van der Waals surface area contributed by atoms with Gasteiger partial charge in [-0.1, -0.05) is 78.5 Å². The summed E-state index contributed by atoms with van der Waals surface area (Å²) in [7, 11) is 0. The Morgan fingerprint density at radius 1 is 1.00 bits per heavy atom. The van der Waals surface area contributed by atoms with Crippen LogP contribution in [-0.2, 0) is 11.3 Å². The van der Waals surface area contributed by atoms with E-state index < -0.39 is 17.9 Å². The number of carbonyl (C=O) groups is 2. The van der Waals surface area contributed by atoms with E-state index in [0.717, 1.165) is 22.3 Å². The number of aliphatic imine (C=N–C) groups is 1. The van der Waals surface area contributed by atoms with Crippen molar-refractivity contribution in [1.82, 2.24) is 25.5 Å². The van der Waals surface area contributed by atoms with Crippen molar-refractivity contribution < 1.29 is 14.7 Å². The van der Waals surface area contributed by atoms with Gasteiger partial charge in [0.05, 0.1) is 0 Å². The van der Waals surface area contributed by atoms with Gasteiger partial charge in [0.25, 0.3) is 5.91 Å². The first kappa shape index (κ1) is 22.5. The third-order valence-electron chi connectivity index (χ3n) is 5.63. The molecule has 1 unspecified atom stereocenters. The van der Waals surface area contributed by atoms with Crippen LogP contribution in [0.5, 0.6) is 0 Å². The first-order valence-corrected chi connectivity index (χ1v) is 11.8. The summed E-state index contributed by atoms with van der Waals surface area (Å²) in [6.07, 6.45) is 0. The number of aromatic amines is 1. The van der Waals surface area contributed by atoms with Gasteiger partial charge < -0.3 is 10.0 Å². The number of amidine groups is 1. The highest BCUT2D eigenvalue weighted by Gasteiger charge is 2.36. The predicted molar refractivity (Wildman–Crippen MR) is 133 cm³/mol. The molecular formula is C25H20N6O3S. The van der Waals surface area contributed by atoms with E-state index in [1.807, 2.05) is 54.6 Å². The number of aliphatic carboxylic acids is 1. The summed E-state index contributed by atoms with van der Waals surface area (Å²) in [5, 5.41) is 24.4. The van der Waals surface area contributed by atoms with Gasteiger partial charge in [-0.15, -0.1) is 10.2 Å². The molecule has 1 aliphatic heterocycles. The fourth-order valence-electron chi connectivity index (χ4n) is 3.86. The number of thioether (sulfide) groups is 1. The summed E-state index contributed by atoms with van der Waals surface area (Å²) < 4.78 is 0. The monoisotopic (exact) mass is 484 g/mol. The van der Waals surface area contributed by atoms with E-state index in [4.69, 9.17) is 0 Å². The molecule has 0 bridgehead atoms. The van der Waals surface area contributed by atoms with Crippen LogP contribution in [0.1, 0.15) is 15.9 Å². The van der Waals surface area contributed by atoms with Crippen LogP contribution in [0.15, 0.2) is 83.9 Å². The molecule has 0 aliphatic carbocycles. The van der Waals surface area contributed by atoms with Crippen LogP contribution in [0.25, 0.3) is 22.5 Å². The van der Waals surface area contributed by atoms with Crippen molar-refractivity contribution in [1.29, 1.82) is 0 Å². The summed E-state index contributed by atoms with van der Waals surface area (Å²) in [6.45, 7) is 0.317. The Bertz CT molecular complexity index is 1370. The average molecular weight is 485 g/mol. The Hall–Kier alpha value is -4.31. The maximum atomic E-state index is 12.6. The number of rotatable bonds is 6. The zero-order valence-electron chi connectivity index (χ0n) is 18.4. The number of nitrogens with one attached hydrogen (secondary N) is 1. The molecule has 10 heteroatoms. The number of aromatic nitrogens is 4. The van der Waals surface area contributed by atoms with Crippen LogP contribution in [0.4, 0.5) is 0 Å². The van der Waals surface area contributed by atoms with Gasteiger partial charge in [-0.05, 0) is 34.0 Å². The van der Waals surface area contributed by atoms with E-state index in [1.165, 1.54) is 11.8 Å². The summed E-state index contributed by atoms with van der Waals surface area (Å²) in [5.41, 5.74) is 4.14. The van der Waals surface area contributed by atoms with E-state index in [9.17, 15) is 14.7 Å². The van der Waals surface area contributed by atoms with Gasteiger partial charge in [-0.3, -0.25) is 4.79 Å². The molecule has 174 valence electrons. The minimum Gasteiger partial charge on any atom is -0.480 e. The molecule has 0 radical (unpaired) electrons. The molecule has 1 atom stereocenters. The molecule has 2 N–H and O–H groups in total. The lowest BCUT2D eigenvalue weighted by molar-refractivity contribution is -0.140. The number of hydrogen-bond donors (Lipinski definition) is 2. The fraction of sp³-hybridized carbons (Fsp3) is 0.120. The summed E-state index contributed by atoms with van der Waals surface area (Å²) >= 11 is 1.28. The first-order valence-electron chi connectivity index (χ1n) is 10.8. The molecule has 5 rings (SSSR count). The Balaban J connectivity index is 1.40. The molecule has 35 heavy (non-hydrogen) atoms. The van der Waals surface area contributed by atoms with Crippen molar-refractivity contribution >= 4 is 28.8 Å². The van der Waals surface area contributed by atoms with E-state index >= 15 is 0 Å². The molecule has 3 aromatic carbocycles. The predicted octanol–water partition coefficient (Wildman–Crippen LogP) is 3.73. The minimum absolute atomic E-state index is 0.317. The van der Waals surface area contributed by atoms with Crippen molar-refractivity contribution in [3.8, 4) is 22.5 Å². The topological polar surface area (TPSA) is 124 Å². The molecule has 9 nitrogen and oxygen atoms in total. The maximum absolute atomic E-state index is 12.6. The molecule has 0 saturated carbocycles. The zero-order valence-corrected chi connectivity index (χ0v) is 19.2. The number of H-pyrrole nitrogens is 1. The van der Waals surface area contributed by atoms with Crippen LogP contribution in [0, 0.1) is 0 Å². The van der Waals surface area contributed by atoms with Crippen molar-refractivity contribution in [2.45, 2.75) is 12.6 Å². The lowest BCUT2D eigenvalue weighted by Crippen LogP contribution is -2.39. The number of carbonyl (C=O) groups excluding carboxylic acids is 1. The van der Waals surface area contributed by atoms with Crippen LogP contribution in [0.2, 0.25) is 0 Å². The van der Waals surface area contributed by atoms with E-state index in [1.54, 1.807) is 29.2 Å².